The van der Waals surface area contributed by atoms with Crippen LogP contribution in [0.3, 0.4) is 0 Å². The van der Waals surface area contributed by atoms with E-state index >= 15 is 0 Å². The van der Waals surface area contributed by atoms with Crippen LogP contribution in [-0.4, -0.2) is 41.5 Å². The molecule has 2 aromatic rings. The molecule has 0 spiro atoms. The Labute approximate surface area is 135 Å². The summed E-state index contributed by atoms with van der Waals surface area (Å²) in [6.07, 6.45) is -2.93. The van der Waals surface area contributed by atoms with E-state index in [0.29, 0.717) is 16.7 Å². The van der Waals surface area contributed by atoms with Crippen LogP contribution in [0, 0.1) is 0 Å². The molecular weight excluding hydrogens is 331 g/mol. The Balaban J connectivity index is 2.47. The van der Waals surface area contributed by atoms with Gasteiger partial charge in [-0.2, -0.15) is 13.2 Å². The molecule has 9 heteroatoms. The molecule has 0 bridgehead atoms. The average Bonchev–Trinajstić information content (AvgIpc) is 2.94. The van der Waals surface area contributed by atoms with Crippen LogP contribution in [0.5, 0.6) is 0 Å². The Morgan fingerprint density at radius 2 is 1.91 bits per heavy atom. The minimum Gasteiger partial charge on any atom is -0.355 e. The van der Waals surface area contributed by atoms with Crippen LogP contribution in [0.25, 0.3) is 5.69 Å². The molecule has 0 aliphatic rings. The molecule has 0 saturated carbocycles. The van der Waals surface area contributed by atoms with Gasteiger partial charge in [-0.05, 0) is 24.5 Å². The number of thioether (sulfide) groups is 1. The highest BCUT2D eigenvalue weighted by Gasteiger charge is 2.31. The number of alkyl halides is 3. The first-order valence-corrected chi connectivity index (χ1v) is 7.84. The lowest BCUT2D eigenvalue weighted by atomic mass is 10.2. The molecule has 126 valence electrons. The van der Waals surface area contributed by atoms with Crippen LogP contribution in [0.2, 0.25) is 0 Å². The van der Waals surface area contributed by atoms with Gasteiger partial charge in [0.05, 0.1) is 12.0 Å². The maximum absolute atomic E-state index is 12.9. The Hall–Kier alpha value is -1.58. The number of ether oxygens (including phenoxy) is 2. The molecule has 1 aromatic carbocycles. The number of hydrogen-bond acceptors (Lipinski definition) is 5. The highest BCUT2D eigenvalue weighted by molar-refractivity contribution is 7.98. The SMILES string of the molecule is COC(Cc1nnc(SC)n1-c1cccc(C(F)(F)F)c1)OC. The zero-order chi connectivity index (χ0) is 17.0. The number of benzene rings is 1. The van der Waals surface area contributed by atoms with Gasteiger partial charge < -0.3 is 9.47 Å². The molecule has 5 nitrogen and oxygen atoms in total. The summed E-state index contributed by atoms with van der Waals surface area (Å²) in [7, 11) is 2.96. The van der Waals surface area contributed by atoms with Crippen molar-refractivity contribution in [3.05, 3.63) is 35.7 Å². The van der Waals surface area contributed by atoms with E-state index in [-0.39, 0.29) is 6.42 Å². The maximum atomic E-state index is 12.9. The van der Waals surface area contributed by atoms with E-state index in [9.17, 15) is 13.2 Å². The van der Waals surface area contributed by atoms with Gasteiger partial charge in [-0.1, -0.05) is 17.8 Å². The third kappa shape index (κ3) is 4.04. The molecule has 2 rings (SSSR count). The Morgan fingerprint density at radius 1 is 1.22 bits per heavy atom. The molecule has 1 aromatic heterocycles. The molecule has 0 radical (unpaired) electrons. The minimum absolute atomic E-state index is 0.261. The van der Waals surface area contributed by atoms with Crippen molar-refractivity contribution in [3.63, 3.8) is 0 Å². The number of rotatable bonds is 6. The second-order valence-corrected chi connectivity index (χ2v) is 5.36. The summed E-state index contributed by atoms with van der Waals surface area (Å²) in [5.41, 5.74) is -0.383. The molecule has 0 N–H and O–H groups in total. The van der Waals surface area contributed by atoms with Crippen LogP contribution in [0.4, 0.5) is 13.2 Å². The molecule has 0 fully saturated rings. The lowest BCUT2D eigenvalue weighted by Gasteiger charge is -2.15. The van der Waals surface area contributed by atoms with Crippen LogP contribution in [0.1, 0.15) is 11.4 Å². The monoisotopic (exact) mass is 347 g/mol. The van der Waals surface area contributed by atoms with Crippen molar-refractivity contribution in [1.29, 1.82) is 0 Å². The quantitative estimate of drug-likeness (QED) is 0.593. The zero-order valence-electron chi connectivity index (χ0n) is 12.8. The fourth-order valence-corrected chi connectivity index (χ4v) is 2.57. The van der Waals surface area contributed by atoms with Gasteiger partial charge >= 0.3 is 6.18 Å². The van der Waals surface area contributed by atoms with E-state index in [1.54, 1.807) is 16.9 Å². The van der Waals surface area contributed by atoms with Crippen molar-refractivity contribution in [3.8, 4) is 5.69 Å². The fraction of sp³-hybridized carbons (Fsp3) is 0.429. The summed E-state index contributed by atoms with van der Waals surface area (Å²) in [5.74, 6) is 0.461. The largest absolute Gasteiger partial charge is 0.416 e. The van der Waals surface area contributed by atoms with Crippen molar-refractivity contribution in [2.24, 2.45) is 0 Å². The van der Waals surface area contributed by atoms with Gasteiger partial charge in [-0.25, -0.2) is 0 Å². The van der Waals surface area contributed by atoms with E-state index in [4.69, 9.17) is 9.47 Å². The predicted molar refractivity (Wildman–Crippen MR) is 79.7 cm³/mol. The second kappa shape index (κ2) is 7.33. The third-order valence-electron chi connectivity index (χ3n) is 3.19. The molecule has 0 aliphatic heterocycles. The minimum atomic E-state index is -4.41. The van der Waals surface area contributed by atoms with Gasteiger partial charge in [-0.15, -0.1) is 10.2 Å². The van der Waals surface area contributed by atoms with E-state index in [2.05, 4.69) is 10.2 Å². The van der Waals surface area contributed by atoms with E-state index in [1.165, 1.54) is 32.0 Å². The number of aromatic nitrogens is 3. The Kier molecular flexibility index (Phi) is 5.66. The third-order valence-corrected chi connectivity index (χ3v) is 3.82. The number of nitrogens with zero attached hydrogens (tertiary/aromatic N) is 3. The maximum Gasteiger partial charge on any atom is 0.416 e. The Bertz CT molecular complexity index is 657. The molecule has 0 aliphatic carbocycles. The summed E-state index contributed by atoms with van der Waals surface area (Å²) in [6.45, 7) is 0. The topological polar surface area (TPSA) is 49.2 Å². The Morgan fingerprint density at radius 3 is 2.48 bits per heavy atom. The van der Waals surface area contributed by atoms with Crippen molar-refractivity contribution in [2.75, 3.05) is 20.5 Å². The number of methoxy groups -OCH3 is 2. The van der Waals surface area contributed by atoms with Crippen LogP contribution in [0.15, 0.2) is 29.4 Å². The fourth-order valence-electron chi connectivity index (χ4n) is 2.06. The zero-order valence-corrected chi connectivity index (χ0v) is 13.6. The van der Waals surface area contributed by atoms with E-state index in [0.717, 1.165) is 12.1 Å². The van der Waals surface area contributed by atoms with Gasteiger partial charge in [0.2, 0.25) is 0 Å². The van der Waals surface area contributed by atoms with Gasteiger partial charge in [-0.3, -0.25) is 4.57 Å². The summed E-state index contributed by atoms with van der Waals surface area (Å²) >= 11 is 1.29. The van der Waals surface area contributed by atoms with Crippen LogP contribution < -0.4 is 0 Å². The highest BCUT2D eigenvalue weighted by Crippen LogP contribution is 2.31. The molecule has 1 heterocycles. The lowest BCUT2D eigenvalue weighted by Crippen LogP contribution is -2.19. The van der Waals surface area contributed by atoms with Gasteiger partial charge in [0.1, 0.15) is 5.82 Å². The van der Waals surface area contributed by atoms with Crippen molar-refractivity contribution in [1.82, 2.24) is 14.8 Å². The van der Waals surface area contributed by atoms with Gasteiger partial charge in [0.25, 0.3) is 0 Å². The first-order chi connectivity index (χ1) is 10.9. The molecule has 0 saturated heterocycles. The van der Waals surface area contributed by atoms with Gasteiger partial charge in [0, 0.05) is 19.9 Å². The summed E-state index contributed by atoms with van der Waals surface area (Å²) in [4.78, 5) is 0. The first kappa shape index (κ1) is 17.8. The van der Waals surface area contributed by atoms with E-state index in [1.807, 2.05) is 0 Å². The summed E-state index contributed by atoms with van der Waals surface area (Å²) < 4.78 is 50.6. The second-order valence-electron chi connectivity index (χ2n) is 4.59. The number of hydrogen-bond donors (Lipinski definition) is 0. The lowest BCUT2D eigenvalue weighted by molar-refractivity contribution is -0.137. The molecule has 0 amide bonds. The van der Waals surface area contributed by atoms with Crippen molar-refractivity contribution in [2.45, 2.75) is 24.0 Å². The summed E-state index contributed by atoms with van der Waals surface area (Å²) in [6, 6.07) is 5.03. The van der Waals surface area contributed by atoms with E-state index < -0.39 is 18.0 Å². The highest BCUT2D eigenvalue weighted by atomic mass is 32.2. The normalized spacial score (nSPS) is 12.1. The molecule has 0 unspecified atom stereocenters. The number of halogens is 3. The molecule has 0 atom stereocenters. The smallest absolute Gasteiger partial charge is 0.355 e. The molecule has 23 heavy (non-hydrogen) atoms. The first-order valence-electron chi connectivity index (χ1n) is 6.62. The van der Waals surface area contributed by atoms with Gasteiger partial charge in [0.15, 0.2) is 11.4 Å². The standard InChI is InChI=1S/C14H16F3N3O2S/c1-21-12(22-2)8-11-18-19-13(23-3)20(11)10-6-4-5-9(7-10)14(15,16)17/h4-7,12H,8H2,1-3H3. The van der Waals surface area contributed by atoms with Crippen molar-refractivity contribution < 1.29 is 22.6 Å². The average molecular weight is 347 g/mol. The van der Waals surface area contributed by atoms with Crippen molar-refractivity contribution >= 4 is 11.8 Å². The summed E-state index contributed by atoms with van der Waals surface area (Å²) in [5, 5.41) is 8.54. The van der Waals surface area contributed by atoms with Crippen LogP contribution >= 0.6 is 11.8 Å². The van der Waals surface area contributed by atoms with Crippen LogP contribution in [-0.2, 0) is 22.1 Å². The molecular formula is C14H16F3N3O2S. The predicted octanol–water partition coefficient (Wildman–Crippen LogP) is 3.17.